The van der Waals surface area contributed by atoms with Crippen LogP contribution < -0.4 is 13.3 Å². The minimum atomic E-state index is -3.55. The first-order valence-corrected chi connectivity index (χ1v) is 17.3. The molecule has 0 unspecified atom stereocenters. The van der Waals surface area contributed by atoms with Crippen LogP contribution in [-0.2, 0) is 15.5 Å². The predicted molar refractivity (Wildman–Crippen MR) is 131 cm³/mol. The normalized spacial score (nSPS) is 21.9. The number of hydrogen-bond acceptors (Lipinski definition) is 4. The number of ether oxygens (including phenoxy) is 2. The Balaban J connectivity index is 1.56. The van der Waals surface area contributed by atoms with Crippen molar-refractivity contribution in [3.63, 3.8) is 0 Å². The zero-order valence-corrected chi connectivity index (χ0v) is 22.1. The number of aromatic nitrogens is 2. The summed E-state index contributed by atoms with van der Waals surface area (Å²) in [7, 11) is 7.74. The Bertz CT molecular complexity index is 962. The molecule has 0 aliphatic heterocycles. The monoisotopic (exact) mass is 522 g/mol. The van der Waals surface area contributed by atoms with Gasteiger partial charge >= 0.3 is 210 Å². The van der Waals surface area contributed by atoms with Crippen LogP contribution in [0, 0.1) is 0 Å². The van der Waals surface area contributed by atoms with E-state index in [1.807, 2.05) is 0 Å². The maximum atomic E-state index is 7.74. The van der Waals surface area contributed by atoms with Crippen molar-refractivity contribution in [2.24, 2.45) is 0 Å². The molecule has 5 rings (SSSR count). The van der Waals surface area contributed by atoms with Crippen LogP contribution in [0.3, 0.4) is 0 Å². The number of hydrogen-bond donors (Lipinski definition) is 0. The van der Waals surface area contributed by atoms with Gasteiger partial charge in [-0.25, -0.2) is 0 Å². The third-order valence-corrected chi connectivity index (χ3v) is 16.2. The van der Waals surface area contributed by atoms with Crippen molar-refractivity contribution in [1.82, 2.24) is 9.97 Å². The van der Waals surface area contributed by atoms with E-state index in [-0.39, 0.29) is 12.2 Å². The summed E-state index contributed by atoms with van der Waals surface area (Å²) in [5.41, 5.74) is 0. The predicted octanol–water partition coefficient (Wildman–Crippen LogP) is 7.17. The molecule has 7 heteroatoms. The minimum absolute atomic E-state index is 0.140. The molecule has 0 saturated heterocycles. The van der Waals surface area contributed by atoms with E-state index >= 15 is 0 Å². The van der Waals surface area contributed by atoms with E-state index in [0.717, 1.165) is 42.4 Å². The third-order valence-electron chi connectivity index (χ3n) is 7.24. The first-order chi connectivity index (χ1) is 16.1. The molecule has 2 saturated carbocycles. The first-order valence-electron chi connectivity index (χ1n) is 12.5. The molecule has 0 N–H and O–H groups in total. The van der Waals surface area contributed by atoms with Crippen molar-refractivity contribution in [3.05, 3.63) is 49.4 Å². The summed E-state index contributed by atoms with van der Waals surface area (Å²) in [6.07, 6.45) is 26.3. The van der Waals surface area contributed by atoms with Crippen LogP contribution in [0.4, 0.5) is 0 Å². The van der Waals surface area contributed by atoms with Crippen LogP contribution in [0.25, 0.3) is 0 Å². The van der Waals surface area contributed by atoms with Gasteiger partial charge in [-0.2, -0.15) is 0 Å². The van der Waals surface area contributed by atoms with Gasteiger partial charge in [-0.05, 0) is 0 Å². The summed E-state index contributed by atoms with van der Waals surface area (Å²) in [4.78, 5) is 9.51. The second kappa shape index (κ2) is 10.7. The van der Waals surface area contributed by atoms with Gasteiger partial charge in [-0.3, -0.25) is 0 Å². The fraction of sp³-hybridized carbons (Fsp3) is 0.538. The summed E-state index contributed by atoms with van der Waals surface area (Å²) >= 11 is 3.42. The van der Waals surface area contributed by atoms with Gasteiger partial charge in [0.05, 0.1) is 0 Å². The number of halogens is 2. The summed E-state index contributed by atoms with van der Waals surface area (Å²) in [5.74, 6) is 0.559. The summed E-state index contributed by atoms with van der Waals surface area (Å²) in [6, 6.07) is 0.333. The van der Waals surface area contributed by atoms with Gasteiger partial charge in [0.25, 0.3) is 0 Å². The van der Waals surface area contributed by atoms with E-state index in [1.165, 1.54) is 46.3 Å². The summed E-state index contributed by atoms with van der Waals surface area (Å²) in [5, 5.41) is 0.400. The van der Waals surface area contributed by atoms with Crippen molar-refractivity contribution < 1.29 is 25.0 Å². The van der Waals surface area contributed by atoms with Gasteiger partial charge in [0.2, 0.25) is 0 Å². The van der Waals surface area contributed by atoms with E-state index < -0.39 is 15.5 Å². The molecule has 1 heterocycles. The molecule has 0 amide bonds. The molecule has 0 atom stereocenters. The Hall–Kier alpha value is -1.07. The molecule has 0 aromatic carbocycles. The standard InChI is InChI=1S/C16H22ClN2O2.2C5H5.ClH.Ti/c17-14-11-15(20-12-7-3-1-4-8-12)19-16(18-14)21-13-9-5-2-6-10-13;2*1-2-4-5-3-1;;/h12-13H,1-10H2;2*1-3H,4H2;1H;/q;;;;+1/p-1. The van der Waals surface area contributed by atoms with Crippen LogP contribution in [0.15, 0.2) is 44.2 Å². The molecule has 0 bridgehead atoms. The summed E-state index contributed by atoms with van der Waals surface area (Å²) < 4.78 is 16.2. The number of allylic oxidation sites excluding steroid dienone is 8. The van der Waals surface area contributed by atoms with Crippen molar-refractivity contribution in [2.75, 3.05) is 0 Å². The molecule has 0 radical (unpaired) electrons. The van der Waals surface area contributed by atoms with Gasteiger partial charge in [-0.1, -0.05) is 0 Å². The van der Waals surface area contributed by atoms with Crippen molar-refractivity contribution in [3.8, 4) is 11.9 Å². The van der Waals surface area contributed by atoms with Crippen molar-refractivity contribution >= 4 is 24.8 Å². The molecule has 4 nitrogen and oxygen atoms in total. The Morgan fingerprint density at radius 1 is 0.758 bits per heavy atom. The van der Waals surface area contributed by atoms with E-state index in [4.69, 9.17) is 35.4 Å². The molecule has 2 fully saturated rings. The molecular weight excluding hydrogens is 491 g/mol. The van der Waals surface area contributed by atoms with E-state index in [9.17, 15) is 0 Å². The molecule has 4 aliphatic rings. The van der Waals surface area contributed by atoms with Crippen LogP contribution in [0.5, 0.6) is 11.9 Å². The molecular formula is C26H32Cl2N2O2Ti. The van der Waals surface area contributed by atoms with Crippen LogP contribution in [-0.4, -0.2) is 22.2 Å². The second-order valence-corrected chi connectivity index (χ2v) is 17.1. The SMILES string of the molecule is Clc1nc(OC2CCCCC2)nc(OC2CCCCC2)[c]1[Ti]([Cl])([C]1=CC=CC1)[C]1=CC=CC1. The zero-order valence-electron chi connectivity index (χ0n) is 19.1. The number of nitrogens with zero attached hydrogens (tertiary/aromatic N) is 2. The molecule has 1 aromatic rings. The van der Waals surface area contributed by atoms with Crippen molar-refractivity contribution in [1.29, 1.82) is 0 Å². The van der Waals surface area contributed by atoms with Crippen LogP contribution in [0.2, 0.25) is 5.15 Å². The Morgan fingerprint density at radius 3 is 1.82 bits per heavy atom. The van der Waals surface area contributed by atoms with E-state index in [2.05, 4.69) is 41.4 Å². The molecule has 1 aromatic heterocycles. The molecule has 0 spiro atoms. The van der Waals surface area contributed by atoms with Crippen LogP contribution in [0.1, 0.15) is 77.0 Å². The molecule has 4 aliphatic carbocycles. The molecule has 33 heavy (non-hydrogen) atoms. The number of rotatable bonds is 7. The van der Waals surface area contributed by atoms with E-state index in [0.29, 0.717) is 17.0 Å². The van der Waals surface area contributed by atoms with Gasteiger partial charge in [-0.15, -0.1) is 0 Å². The van der Waals surface area contributed by atoms with Gasteiger partial charge in [0, 0.05) is 0 Å². The quantitative estimate of drug-likeness (QED) is 0.281. The average Bonchev–Trinajstić information content (AvgIpc) is 3.55. The zero-order chi connectivity index (χ0) is 22.7. The Morgan fingerprint density at radius 2 is 1.30 bits per heavy atom. The average molecular weight is 523 g/mol. The third kappa shape index (κ3) is 5.15. The van der Waals surface area contributed by atoms with E-state index in [1.54, 1.807) is 0 Å². The van der Waals surface area contributed by atoms with Gasteiger partial charge in [0.1, 0.15) is 0 Å². The van der Waals surface area contributed by atoms with Crippen LogP contribution >= 0.6 is 20.9 Å². The Labute approximate surface area is 209 Å². The van der Waals surface area contributed by atoms with Crippen molar-refractivity contribution in [2.45, 2.75) is 89.3 Å². The van der Waals surface area contributed by atoms with Gasteiger partial charge < -0.3 is 0 Å². The van der Waals surface area contributed by atoms with Gasteiger partial charge in [0.15, 0.2) is 0 Å². The topological polar surface area (TPSA) is 44.2 Å². The fourth-order valence-corrected chi connectivity index (χ4v) is 13.3. The second-order valence-electron chi connectivity index (χ2n) is 9.54. The summed E-state index contributed by atoms with van der Waals surface area (Å²) in [6.45, 7) is 0. The molecule has 176 valence electrons. The maximum absolute atomic E-state index is 7.74. The fourth-order valence-electron chi connectivity index (χ4n) is 5.43. The Kier molecular flexibility index (Phi) is 7.66. The first kappa shape index (κ1) is 23.7.